The number of nitrogens with zero attached hydrogens (tertiary/aromatic N) is 2. The number of aliphatic hydroxyl groups excluding tert-OH is 1. The summed E-state index contributed by atoms with van der Waals surface area (Å²) in [5, 5.41) is 15.5. The fourth-order valence-electron chi connectivity index (χ4n) is 3.71. The smallest absolute Gasteiger partial charge is 0.410 e. The Morgan fingerprint density at radius 1 is 1.21 bits per heavy atom. The molecule has 2 aromatic rings. The summed E-state index contributed by atoms with van der Waals surface area (Å²) in [6, 6.07) is 5.00. The molecule has 0 radical (unpaired) electrons. The van der Waals surface area contributed by atoms with Crippen molar-refractivity contribution in [2.45, 2.75) is 50.7 Å². The van der Waals surface area contributed by atoms with E-state index < -0.39 is 31.6 Å². The van der Waals surface area contributed by atoms with Crippen molar-refractivity contribution < 1.29 is 37.6 Å². The van der Waals surface area contributed by atoms with Crippen LogP contribution in [0, 0.1) is 0 Å². The van der Waals surface area contributed by atoms with Crippen LogP contribution < -0.4 is 20.1 Å². The molecule has 3 heterocycles. The van der Waals surface area contributed by atoms with Crippen LogP contribution in [0.5, 0.6) is 11.6 Å². The molecule has 12 heteroatoms. The summed E-state index contributed by atoms with van der Waals surface area (Å²) in [4.78, 5) is 21.2. The first kappa shape index (κ1) is 23.9. The Hall–Kier alpha value is -3.25. The fraction of sp³-hybridized carbons (Fsp3) is 0.500. The van der Waals surface area contributed by atoms with Crippen LogP contribution in [-0.2, 0) is 15.9 Å². The summed E-state index contributed by atoms with van der Waals surface area (Å²) in [7, 11) is 0. The van der Waals surface area contributed by atoms with Crippen molar-refractivity contribution in [3.63, 3.8) is 0 Å². The molecule has 1 aromatic heterocycles. The molecular weight excluding hydrogens is 454 g/mol. The minimum absolute atomic E-state index is 0.0278. The Bertz CT molecular complexity index is 959. The molecule has 2 aliphatic rings. The van der Waals surface area contributed by atoms with Crippen LogP contribution in [0.15, 0.2) is 30.5 Å². The lowest BCUT2D eigenvalue weighted by molar-refractivity contribution is -0.0499. The Morgan fingerprint density at radius 3 is 2.68 bits per heavy atom. The molecule has 4 rings (SSSR count). The average Bonchev–Trinajstić information content (AvgIpc) is 2.83. The Morgan fingerprint density at radius 2 is 1.97 bits per heavy atom. The predicted octanol–water partition coefficient (Wildman–Crippen LogP) is 2.78. The summed E-state index contributed by atoms with van der Waals surface area (Å²) in [6.45, 7) is -1.99. The summed E-state index contributed by atoms with van der Waals surface area (Å²) < 4.78 is 45.4. The Labute approximate surface area is 194 Å². The fourth-order valence-corrected chi connectivity index (χ4v) is 3.71. The first-order valence-corrected chi connectivity index (χ1v) is 11.0. The van der Waals surface area contributed by atoms with E-state index in [9.17, 15) is 18.7 Å². The number of hydrogen-bond acceptors (Lipinski definition) is 9. The normalized spacial score (nSPS) is 19.0. The van der Waals surface area contributed by atoms with E-state index in [1.54, 1.807) is 6.20 Å². The minimum Gasteiger partial charge on any atom is -0.437 e. The standard InChI is InChI=1S/C22H26F2N4O6/c23-20(24)32-16-4-1-13(2-5-16)17(12-29)27-22(30)34-18-6-3-14-11-25-21(28-19(14)33-18)26-15-7-9-31-10-8-15/h1-2,4-5,11,15,17-18,20,29H,3,6-10,12H2,(H,27,30)(H,25,26,28)/t17-,18-/m1/s1. The number of ether oxygens (including phenoxy) is 4. The molecule has 1 fully saturated rings. The van der Waals surface area contributed by atoms with E-state index in [-0.39, 0.29) is 11.8 Å². The summed E-state index contributed by atoms with van der Waals surface area (Å²) in [5.41, 5.74) is 1.31. The van der Waals surface area contributed by atoms with Gasteiger partial charge in [0.05, 0.1) is 12.6 Å². The number of alkyl carbamates (subject to hydrolysis) is 1. The Kier molecular flexibility index (Phi) is 7.91. The summed E-state index contributed by atoms with van der Waals surface area (Å²) in [5.74, 6) is 0.761. The van der Waals surface area contributed by atoms with E-state index in [2.05, 4.69) is 25.3 Å². The van der Waals surface area contributed by atoms with Crippen molar-refractivity contribution in [1.82, 2.24) is 15.3 Å². The second kappa shape index (κ2) is 11.3. The van der Waals surface area contributed by atoms with Crippen molar-refractivity contribution in [2.24, 2.45) is 0 Å². The highest BCUT2D eigenvalue weighted by Gasteiger charge is 2.26. The average molecular weight is 480 g/mol. The molecule has 184 valence electrons. The number of aliphatic hydroxyl groups is 1. The van der Waals surface area contributed by atoms with Gasteiger partial charge in [0.1, 0.15) is 5.75 Å². The lowest BCUT2D eigenvalue weighted by atomic mass is 10.1. The zero-order valence-corrected chi connectivity index (χ0v) is 18.3. The molecular formula is C22H26F2N4O6. The van der Waals surface area contributed by atoms with Gasteiger partial charge in [-0.3, -0.25) is 0 Å². The predicted molar refractivity (Wildman–Crippen MR) is 115 cm³/mol. The lowest BCUT2D eigenvalue weighted by Crippen LogP contribution is -2.37. The van der Waals surface area contributed by atoms with Gasteiger partial charge in [-0.1, -0.05) is 12.1 Å². The highest BCUT2D eigenvalue weighted by Crippen LogP contribution is 2.27. The number of carbonyl (C=O) groups is 1. The van der Waals surface area contributed by atoms with E-state index in [0.29, 0.717) is 43.4 Å². The third-order valence-corrected chi connectivity index (χ3v) is 5.49. The van der Waals surface area contributed by atoms with Gasteiger partial charge in [-0.2, -0.15) is 13.8 Å². The van der Waals surface area contributed by atoms with Gasteiger partial charge in [0.15, 0.2) is 0 Å². The van der Waals surface area contributed by atoms with Gasteiger partial charge in [0.25, 0.3) is 0 Å². The molecule has 0 bridgehead atoms. The van der Waals surface area contributed by atoms with Gasteiger partial charge in [-0.15, -0.1) is 0 Å². The number of benzene rings is 1. The van der Waals surface area contributed by atoms with Crippen LogP contribution in [-0.4, -0.2) is 59.9 Å². The second-order valence-electron chi connectivity index (χ2n) is 7.87. The number of aryl methyl sites for hydroxylation is 1. The van der Waals surface area contributed by atoms with Crippen LogP contribution in [0.25, 0.3) is 0 Å². The molecule has 34 heavy (non-hydrogen) atoms. The van der Waals surface area contributed by atoms with Crippen LogP contribution in [0.3, 0.4) is 0 Å². The Balaban J connectivity index is 1.31. The zero-order chi connectivity index (χ0) is 23.9. The molecule has 0 unspecified atom stereocenters. The van der Waals surface area contributed by atoms with Crippen molar-refractivity contribution in [2.75, 3.05) is 25.1 Å². The molecule has 3 N–H and O–H groups in total. The van der Waals surface area contributed by atoms with E-state index in [0.717, 1.165) is 18.4 Å². The topological polar surface area (TPSA) is 124 Å². The minimum atomic E-state index is -2.94. The first-order valence-electron chi connectivity index (χ1n) is 11.0. The number of aromatic nitrogens is 2. The van der Waals surface area contributed by atoms with Crippen LogP contribution in [0.4, 0.5) is 19.5 Å². The van der Waals surface area contributed by atoms with Crippen LogP contribution in [0.1, 0.15) is 36.4 Å². The van der Waals surface area contributed by atoms with Crippen molar-refractivity contribution in [1.29, 1.82) is 0 Å². The van der Waals surface area contributed by atoms with Gasteiger partial charge in [-0.05, 0) is 37.0 Å². The number of halogens is 2. The van der Waals surface area contributed by atoms with Crippen molar-refractivity contribution in [3.8, 4) is 11.6 Å². The maximum Gasteiger partial charge on any atom is 0.410 e. The van der Waals surface area contributed by atoms with Gasteiger partial charge in [0.2, 0.25) is 18.1 Å². The molecule has 0 aliphatic carbocycles. The van der Waals surface area contributed by atoms with Crippen LogP contribution >= 0.6 is 0 Å². The monoisotopic (exact) mass is 480 g/mol. The van der Waals surface area contributed by atoms with Gasteiger partial charge >= 0.3 is 12.7 Å². The zero-order valence-electron chi connectivity index (χ0n) is 18.3. The molecule has 2 aliphatic heterocycles. The molecule has 1 aromatic carbocycles. The number of nitrogens with one attached hydrogen (secondary N) is 2. The van der Waals surface area contributed by atoms with E-state index in [4.69, 9.17) is 14.2 Å². The summed E-state index contributed by atoms with van der Waals surface area (Å²) in [6.07, 6.45) is 2.75. The van der Waals surface area contributed by atoms with Gasteiger partial charge in [0, 0.05) is 37.4 Å². The third-order valence-electron chi connectivity index (χ3n) is 5.49. The highest BCUT2D eigenvalue weighted by molar-refractivity contribution is 5.68. The molecule has 0 saturated carbocycles. The number of fused-ring (bicyclic) bond motifs is 1. The molecule has 0 spiro atoms. The van der Waals surface area contributed by atoms with Gasteiger partial charge < -0.3 is 34.7 Å². The van der Waals surface area contributed by atoms with Crippen molar-refractivity contribution in [3.05, 3.63) is 41.6 Å². The summed E-state index contributed by atoms with van der Waals surface area (Å²) >= 11 is 0. The number of anilines is 1. The number of amides is 1. The third kappa shape index (κ3) is 6.41. The lowest BCUT2D eigenvalue weighted by Gasteiger charge is -2.27. The van der Waals surface area contributed by atoms with Crippen LogP contribution in [0.2, 0.25) is 0 Å². The SMILES string of the molecule is O=C(N[C@H](CO)c1ccc(OC(F)F)cc1)O[C@@H]1CCc2cnc(NC3CCOCC3)nc2O1. The molecule has 1 amide bonds. The largest absolute Gasteiger partial charge is 0.437 e. The first-order chi connectivity index (χ1) is 16.5. The molecule has 1 saturated heterocycles. The quantitative estimate of drug-likeness (QED) is 0.523. The number of alkyl halides is 2. The maximum absolute atomic E-state index is 12.4. The highest BCUT2D eigenvalue weighted by atomic mass is 19.3. The van der Waals surface area contributed by atoms with Gasteiger partial charge in [-0.25, -0.2) is 9.78 Å². The van der Waals surface area contributed by atoms with Crippen molar-refractivity contribution >= 4 is 12.0 Å². The van der Waals surface area contributed by atoms with E-state index in [1.807, 2.05) is 0 Å². The number of carbonyl (C=O) groups excluding carboxylic acids is 1. The second-order valence-corrected chi connectivity index (χ2v) is 7.87. The van der Waals surface area contributed by atoms with E-state index in [1.165, 1.54) is 24.3 Å². The number of rotatable bonds is 8. The molecule has 2 atom stereocenters. The maximum atomic E-state index is 12.4. The van der Waals surface area contributed by atoms with E-state index >= 15 is 0 Å². The molecule has 10 nitrogen and oxygen atoms in total. The number of hydrogen-bond donors (Lipinski definition) is 3.